The zero-order valence-electron chi connectivity index (χ0n) is 14.7. The molecule has 0 saturated carbocycles. The van der Waals surface area contributed by atoms with Crippen LogP contribution >= 0.6 is 0 Å². The van der Waals surface area contributed by atoms with E-state index in [0.717, 1.165) is 0 Å². The van der Waals surface area contributed by atoms with E-state index in [1.54, 1.807) is 48.8 Å². The summed E-state index contributed by atoms with van der Waals surface area (Å²) in [7, 11) is 0. The van der Waals surface area contributed by atoms with Crippen molar-refractivity contribution in [3.63, 3.8) is 0 Å². The average molecular weight is 461 g/mol. The molecule has 0 bridgehead atoms. The maximum absolute atomic E-state index is 9.79. The SMILES string of the molecule is NN.Oc1ccccc1C=Nc1ccccc1N=Cc1ccccc1O.[Cd]. The van der Waals surface area contributed by atoms with Crippen molar-refractivity contribution in [1.29, 1.82) is 0 Å². The van der Waals surface area contributed by atoms with Gasteiger partial charge in [-0.15, -0.1) is 0 Å². The molecular formula is C20H20CdN4O2. The normalized spacial score (nSPS) is 10.3. The van der Waals surface area contributed by atoms with Crippen LogP contribution in [0.25, 0.3) is 0 Å². The zero-order valence-corrected chi connectivity index (χ0v) is 18.8. The molecule has 0 spiro atoms. The molecule has 27 heavy (non-hydrogen) atoms. The smallest absolute Gasteiger partial charge is 0.124 e. The van der Waals surface area contributed by atoms with Gasteiger partial charge in [0.2, 0.25) is 0 Å². The van der Waals surface area contributed by atoms with Crippen molar-refractivity contribution >= 4 is 23.8 Å². The Morgan fingerprint density at radius 3 is 1.30 bits per heavy atom. The Labute approximate surface area is 178 Å². The van der Waals surface area contributed by atoms with Gasteiger partial charge in [0.1, 0.15) is 11.5 Å². The number of nitrogens with zero attached hydrogens (tertiary/aromatic N) is 2. The van der Waals surface area contributed by atoms with Gasteiger partial charge in [0.05, 0.1) is 11.4 Å². The molecule has 0 radical (unpaired) electrons. The molecule has 0 saturated heterocycles. The monoisotopic (exact) mass is 462 g/mol. The van der Waals surface area contributed by atoms with Crippen LogP contribution in [0.4, 0.5) is 11.4 Å². The summed E-state index contributed by atoms with van der Waals surface area (Å²) >= 11 is 0. The van der Waals surface area contributed by atoms with Crippen LogP contribution in [0, 0.1) is 0 Å². The fraction of sp³-hybridized carbons (Fsp3) is 0. The van der Waals surface area contributed by atoms with Crippen LogP contribution in [0.5, 0.6) is 11.5 Å². The number of nitrogens with two attached hydrogens (primary N) is 2. The summed E-state index contributed by atoms with van der Waals surface area (Å²) in [5.74, 6) is 8.35. The molecule has 6 nitrogen and oxygen atoms in total. The van der Waals surface area contributed by atoms with Crippen molar-refractivity contribution in [3.8, 4) is 11.5 Å². The van der Waals surface area contributed by atoms with Crippen LogP contribution in [0.3, 0.4) is 0 Å². The van der Waals surface area contributed by atoms with Gasteiger partial charge in [-0.3, -0.25) is 21.7 Å². The number of para-hydroxylation sites is 4. The van der Waals surface area contributed by atoms with E-state index in [2.05, 4.69) is 21.7 Å². The van der Waals surface area contributed by atoms with Gasteiger partial charge in [-0.1, -0.05) is 36.4 Å². The van der Waals surface area contributed by atoms with Gasteiger partial charge in [0.15, 0.2) is 0 Å². The van der Waals surface area contributed by atoms with Crippen LogP contribution in [0.1, 0.15) is 11.1 Å². The number of phenolic OH excluding ortho intramolecular Hbond substituents is 2. The van der Waals surface area contributed by atoms with Gasteiger partial charge in [-0.05, 0) is 36.4 Å². The third-order valence-corrected chi connectivity index (χ3v) is 3.44. The van der Waals surface area contributed by atoms with Crippen molar-refractivity contribution < 1.29 is 37.5 Å². The van der Waals surface area contributed by atoms with E-state index in [1.165, 1.54) is 0 Å². The van der Waals surface area contributed by atoms with Gasteiger partial charge >= 0.3 is 0 Å². The molecule has 0 unspecified atom stereocenters. The molecule has 3 aromatic rings. The van der Waals surface area contributed by atoms with Crippen LogP contribution < -0.4 is 11.7 Å². The number of benzene rings is 3. The molecule has 0 atom stereocenters. The standard InChI is InChI=1S/C20H16N2O2.Cd.H4N2/c23-19-11-5-1-7-15(19)13-21-17-9-3-4-10-18(17)22-14-16-8-2-6-12-20(16)24;;1-2/h1-14,23-24H;;1-2H2. The quantitative estimate of drug-likeness (QED) is 0.206. The maximum atomic E-state index is 9.79. The first-order chi connectivity index (χ1) is 12.7. The van der Waals surface area contributed by atoms with Crippen LogP contribution in [0.2, 0.25) is 0 Å². The second kappa shape index (κ2) is 11.9. The number of hydrogen-bond donors (Lipinski definition) is 4. The fourth-order valence-electron chi connectivity index (χ4n) is 2.15. The van der Waals surface area contributed by atoms with E-state index in [0.29, 0.717) is 22.5 Å². The third-order valence-electron chi connectivity index (χ3n) is 3.44. The van der Waals surface area contributed by atoms with Crippen molar-refractivity contribution in [2.45, 2.75) is 0 Å². The Hall–Kier alpha value is -2.56. The molecular weight excluding hydrogens is 441 g/mol. The molecule has 0 aliphatic heterocycles. The second-order valence-corrected chi connectivity index (χ2v) is 5.12. The zero-order chi connectivity index (χ0) is 18.8. The van der Waals surface area contributed by atoms with E-state index in [4.69, 9.17) is 0 Å². The summed E-state index contributed by atoms with van der Waals surface area (Å²) < 4.78 is 0. The average Bonchev–Trinajstić information content (AvgIpc) is 2.69. The molecule has 7 heteroatoms. The van der Waals surface area contributed by atoms with E-state index >= 15 is 0 Å². The summed E-state index contributed by atoms with van der Waals surface area (Å²) in [5.41, 5.74) is 2.62. The molecule has 3 rings (SSSR count). The second-order valence-electron chi connectivity index (χ2n) is 5.12. The number of rotatable bonds is 4. The Kier molecular flexibility index (Phi) is 9.94. The summed E-state index contributed by atoms with van der Waals surface area (Å²) in [5, 5.41) is 19.6. The summed E-state index contributed by atoms with van der Waals surface area (Å²) in [6.45, 7) is 0. The van der Waals surface area contributed by atoms with E-state index in [9.17, 15) is 10.2 Å². The van der Waals surface area contributed by atoms with Gasteiger partial charge in [-0.2, -0.15) is 0 Å². The van der Waals surface area contributed by atoms with E-state index < -0.39 is 0 Å². The largest absolute Gasteiger partial charge is 0.507 e. The molecule has 6 N–H and O–H groups in total. The molecule has 0 heterocycles. The predicted octanol–water partition coefficient (Wildman–Crippen LogP) is 3.42. The Morgan fingerprint density at radius 2 is 0.926 bits per heavy atom. The molecule has 0 amide bonds. The topological polar surface area (TPSA) is 117 Å². The minimum absolute atomic E-state index is 0. The van der Waals surface area contributed by atoms with Crippen molar-refractivity contribution in [1.82, 2.24) is 0 Å². The summed E-state index contributed by atoms with van der Waals surface area (Å²) in [6, 6.07) is 21.4. The van der Waals surface area contributed by atoms with E-state index in [-0.39, 0.29) is 38.8 Å². The molecule has 134 valence electrons. The van der Waals surface area contributed by atoms with Crippen molar-refractivity contribution in [3.05, 3.63) is 83.9 Å². The molecule has 0 aromatic heterocycles. The molecule has 3 aromatic carbocycles. The Morgan fingerprint density at radius 1 is 0.593 bits per heavy atom. The predicted molar refractivity (Wildman–Crippen MR) is 106 cm³/mol. The van der Waals surface area contributed by atoms with E-state index in [1.807, 2.05) is 36.4 Å². The third kappa shape index (κ3) is 6.59. The number of aromatic hydroxyl groups is 2. The van der Waals surface area contributed by atoms with Crippen molar-refractivity contribution in [2.24, 2.45) is 21.7 Å². The number of phenols is 2. The number of hydrogen-bond acceptors (Lipinski definition) is 6. The first-order valence-corrected chi connectivity index (χ1v) is 7.80. The van der Waals surface area contributed by atoms with Gasteiger partial charge in [0, 0.05) is 50.9 Å². The van der Waals surface area contributed by atoms with Crippen LogP contribution in [0.15, 0.2) is 82.8 Å². The first kappa shape index (κ1) is 22.5. The minimum Gasteiger partial charge on any atom is -0.507 e. The van der Waals surface area contributed by atoms with Crippen molar-refractivity contribution in [2.75, 3.05) is 0 Å². The number of hydrazine groups is 1. The number of aliphatic imine (C=N–C) groups is 2. The Balaban J connectivity index is 0.00000118. The molecule has 0 aliphatic carbocycles. The first-order valence-electron chi connectivity index (χ1n) is 7.80. The fourth-order valence-corrected chi connectivity index (χ4v) is 2.15. The molecule has 0 fully saturated rings. The van der Waals surface area contributed by atoms with Crippen LogP contribution in [-0.4, -0.2) is 22.6 Å². The summed E-state index contributed by atoms with van der Waals surface area (Å²) in [6.07, 6.45) is 3.20. The minimum atomic E-state index is 0. The van der Waals surface area contributed by atoms with Crippen LogP contribution in [-0.2, 0) is 27.3 Å². The van der Waals surface area contributed by atoms with Gasteiger partial charge < -0.3 is 10.2 Å². The summed E-state index contributed by atoms with van der Waals surface area (Å²) in [4.78, 5) is 8.82. The maximum Gasteiger partial charge on any atom is 0.124 e. The molecule has 0 aliphatic rings. The van der Waals surface area contributed by atoms with Gasteiger partial charge in [-0.25, -0.2) is 0 Å². The Bertz CT molecular complexity index is 839. The van der Waals surface area contributed by atoms with Gasteiger partial charge in [0.25, 0.3) is 0 Å².